The van der Waals surface area contributed by atoms with Crippen LogP contribution in [0, 0.1) is 0 Å². The summed E-state index contributed by atoms with van der Waals surface area (Å²) in [5, 5.41) is 11.1. The summed E-state index contributed by atoms with van der Waals surface area (Å²) in [6.07, 6.45) is 0.450. The van der Waals surface area contributed by atoms with Crippen molar-refractivity contribution in [1.82, 2.24) is 0 Å². The number of ether oxygens (including phenoxy) is 1. The molecule has 1 aliphatic rings. The van der Waals surface area contributed by atoms with Crippen LogP contribution in [-0.2, 0) is 11.2 Å². The van der Waals surface area contributed by atoms with E-state index in [0.717, 1.165) is 5.56 Å². The lowest BCUT2D eigenvalue weighted by molar-refractivity contribution is -0.176. The molecule has 1 saturated heterocycles. The standard InChI is InChI=1S/C10H10Cl2O2/c11-8-2-1-3-9(12)7(8)4-10(13)5-14-6-10/h1-3,13H,4-6H2. The number of rotatable bonds is 2. The van der Waals surface area contributed by atoms with Gasteiger partial charge in [0.1, 0.15) is 5.60 Å². The van der Waals surface area contributed by atoms with Crippen LogP contribution in [0.4, 0.5) is 0 Å². The number of aliphatic hydroxyl groups is 1. The molecule has 0 saturated carbocycles. The molecule has 4 heteroatoms. The Morgan fingerprint density at radius 3 is 2.29 bits per heavy atom. The molecule has 0 spiro atoms. The van der Waals surface area contributed by atoms with Gasteiger partial charge < -0.3 is 9.84 Å². The quantitative estimate of drug-likeness (QED) is 0.849. The Morgan fingerprint density at radius 1 is 1.29 bits per heavy atom. The average Bonchev–Trinajstić information content (AvgIpc) is 2.09. The van der Waals surface area contributed by atoms with Crippen LogP contribution in [0.1, 0.15) is 5.56 Å². The zero-order valence-electron chi connectivity index (χ0n) is 7.46. The molecule has 0 bridgehead atoms. The maximum absolute atomic E-state index is 9.87. The predicted molar refractivity (Wildman–Crippen MR) is 55.9 cm³/mol. The number of benzene rings is 1. The Balaban J connectivity index is 2.23. The largest absolute Gasteiger partial charge is 0.385 e. The third-order valence-corrected chi connectivity index (χ3v) is 3.02. The van der Waals surface area contributed by atoms with Crippen molar-refractivity contribution < 1.29 is 9.84 Å². The summed E-state index contributed by atoms with van der Waals surface area (Å²) < 4.78 is 4.95. The van der Waals surface area contributed by atoms with E-state index in [2.05, 4.69) is 0 Å². The fraction of sp³-hybridized carbons (Fsp3) is 0.400. The van der Waals surface area contributed by atoms with Crippen molar-refractivity contribution in [2.24, 2.45) is 0 Å². The second-order valence-electron chi connectivity index (χ2n) is 3.59. The number of halogens is 2. The summed E-state index contributed by atoms with van der Waals surface area (Å²) >= 11 is 12.0. The molecule has 0 atom stereocenters. The summed E-state index contributed by atoms with van der Waals surface area (Å²) in [5.41, 5.74) is 0.0101. The topological polar surface area (TPSA) is 29.5 Å². The van der Waals surface area contributed by atoms with Gasteiger partial charge in [-0.1, -0.05) is 29.3 Å². The molecule has 1 heterocycles. The van der Waals surface area contributed by atoms with Gasteiger partial charge >= 0.3 is 0 Å². The van der Waals surface area contributed by atoms with Crippen molar-refractivity contribution in [3.05, 3.63) is 33.8 Å². The molecule has 1 aliphatic heterocycles. The number of hydrogen-bond donors (Lipinski definition) is 1. The fourth-order valence-corrected chi connectivity index (χ4v) is 2.00. The molecule has 2 nitrogen and oxygen atoms in total. The van der Waals surface area contributed by atoms with Crippen molar-refractivity contribution in [2.45, 2.75) is 12.0 Å². The zero-order chi connectivity index (χ0) is 10.2. The molecule has 0 aromatic heterocycles. The Kier molecular flexibility index (Phi) is 2.71. The van der Waals surface area contributed by atoms with Crippen LogP contribution in [-0.4, -0.2) is 23.9 Å². The summed E-state index contributed by atoms with van der Waals surface area (Å²) in [5.74, 6) is 0. The van der Waals surface area contributed by atoms with Crippen LogP contribution < -0.4 is 0 Å². The van der Waals surface area contributed by atoms with Gasteiger partial charge in [0.2, 0.25) is 0 Å². The second-order valence-corrected chi connectivity index (χ2v) is 4.41. The van der Waals surface area contributed by atoms with Crippen LogP contribution in [0.25, 0.3) is 0 Å². The van der Waals surface area contributed by atoms with Gasteiger partial charge in [-0.05, 0) is 17.7 Å². The van der Waals surface area contributed by atoms with E-state index in [1.807, 2.05) is 0 Å². The molecule has 0 amide bonds. The molecular weight excluding hydrogens is 223 g/mol. The lowest BCUT2D eigenvalue weighted by Gasteiger charge is -2.36. The number of hydrogen-bond acceptors (Lipinski definition) is 2. The van der Waals surface area contributed by atoms with E-state index in [9.17, 15) is 5.11 Å². The van der Waals surface area contributed by atoms with Gasteiger partial charge in [0.05, 0.1) is 13.2 Å². The third kappa shape index (κ3) is 1.89. The third-order valence-electron chi connectivity index (χ3n) is 2.31. The lowest BCUT2D eigenvalue weighted by Crippen LogP contribution is -2.51. The Morgan fingerprint density at radius 2 is 1.86 bits per heavy atom. The van der Waals surface area contributed by atoms with E-state index < -0.39 is 5.60 Å². The van der Waals surface area contributed by atoms with Crippen LogP contribution in [0.2, 0.25) is 10.0 Å². The molecule has 2 rings (SSSR count). The highest BCUT2D eigenvalue weighted by atomic mass is 35.5. The van der Waals surface area contributed by atoms with Gasteiger partial charge in [-0.3, -0.25) is 0 Å². The molecule has 76 valence electrons. The molecule has 0 unspecified atom stereocenters. The second kappa shape index (κ2) is 3.70. The van der Waals surface area contributed by atoms with E-state index in [1.54, 1.807) is 18.2 Å². The minimum atomic E-state index is -0.783. The lowest BCUT2D eigenvalue weighted by atomic mass is 9.93. The monoisotopic (exact) mass is 232 g/mol. The van der Waals surface area contributed by atoms with Crippen molar-refractivity contribution in [3.63, 3.8) is 0 Å². The van der Waals surface area contributed by atoms with E-state index in [1.165, 1.54) is 0 Å². The Bertz CT molecular complexity index is 328. The van der Waals surface area contributed by atoms with Gasteiger partial charge in [0.25, 0.3) is 0 Å². The van der Waals surface area contributed by atoms with Crippen LogP contribution in [0.15, 0.2) is 18.2 Å². The van der Waals surface area contributed by atoms with Gasteiger partial charge in [-0.15, -0.1) is 0 Å². The van der Waals surface area contributed by atoms with Crippen molar-refractivity contribution in [2.75, 3.05) is 13.2 Å². The molecule has 1 aromatic carbocycles. The summed E-state index contributed by atoms with van der Waals surface area (Å²) in [6.45, 7) is 0.711. The first-order valence-electron chi connectivity index (χ1n) is 4.34. The first-order valence-corrected chi connectivity index (χ1v) is 5.09. The van der Waals surface area contributed by atoms with Gasteiger partial charge in [0.15, 0.2) is 0 Å². The predicted octanol–water partition coefficient (Wildman–Crippen LogP) is 2.30. The Labute approximate surface area is 92.4 Å². The highest BCUT2D eigenvalue weighted by Gasteiger charge is 2.37. The molecule has 14 heavy (non-hydrogen) atoms. The minimum Gasteiger partial charge on any atom is -0.385 e. The molecule has 1 N–H and O–H groups in total. The first kappa shape index (κ1) is 10.2. The SMILES string of the molecule is OC1(Cc2c(Cl)cccc2Cl)COC1. The van der Waals surface area contributed by atoms with E-state index in [4.69, 9.17) is 27.9 Å². The van der Waals surface area contributed by atoms with E-state index in [-0.39, 0.29) is 0 Å². The Hall–Kier alpha value is -0.280. The van der Waals surface area contributed by atoms with Gasteiger partial charge in [-0.25, -0.2) is 0 Å². The summed E-state index contributed by atoms with van der Waals surface area (Å²) in [7, 11) is 0. The summed E-state index contributed by atoms with van der Waals surface area (Å²) in [4.78, 5) is 0. The zero-order valence-corrected chi connectivity index (χ0v) is 8.98. The molecule has 0 aliphatic carbocycles. The molecule has 1 fully saturated rings. The highest BCUT2D eigenvalue weighted by Crippen LogP contribution is 2.30. The van der Waals surface area contributed by atoms with Crippen LogP contribution in [0.5, 0.6) is 0 Å². The molecular formula is C10H10Cl2O2. The maximum atomic E-state index is 9.87. The smallest absolute Gasteiger partial charge is 0.115 e. The first-order chi connectivity index (χ1) is 6.61. The molecule has 0 radical (unpaired) electrons. The van der Waals surface area contributed by atoms with Crippen molar-refractivity contribution in [1.29, 1.82) is 0 Å². The van der Waals surface area contributed by atoms with E-state index in [0.29, 0.717) is 29.7 Å². The van der Waals surface area contributed by atoms with Crippen LogP contribution >= 0.6 is 23.2 Å². The van der Waals surface area contributed by atoms with E-state index >= 15 is 0 Å². The normalized spacial score (nSPS) is 19.1. The molecule has 1 aromatic rings. The summed E-state index contributed by atoms with van der Waals surface area (Å²) in [6, 6.07) is 5.33. The van der Waals surface area contributed by atoms with Crippen molar-refractivity contribution in [3.8, 4) is 0 Å². The average molecular weight is 233 g/mol. The van der Waals surface area contributed by atoms with Gasteiger partial charge in [0, 0.05) is 16.5 Å². The fourth-order valence-electron chi connectivity index (χ4n) is 1.47. The van der Waals surface area contributed by atoms with Crippen molar-refractivity contribution >= 4 is 23.2 Å². The van der Waals surface area contributed by atoms with Crippen LogP contribution in [0.3, 0.4) is 0 Å². The highest BCUT2D eigenvalue weighted by molar-refractivity contribution is 6.36. The van der Waals surface area contributed by atoms with Gasteiger partial charge in [-0.2, -0.15) is 0 Å². The minimum absolute atomic E-state index is 0.356. The maximum Gasteiger partial charge on any atom is 0.115 e.